The van der Waals surface area contributed by atoms with Gasteiger partial charge >= 0.3 is 0 Å². The van der Waals surface area contributed by atoms with Crippen molar-refractivity contribution < 1.29 is 4.52 Å². The summed E-state index contributed by atoms with van der Waals surface area (Å²) in [5.74, 6) is 1.16. The molecule has 0 saturated carbocycles. The van der Waals surface area contributed by atoms with Crippen LogP contribution in [0.5, 0.6) is 0 Å². The van der Waals surface area contributed by atoms with Gasteiger partial charge in [0.05, 0.1) is 11.8 Å². The van der Waals surface area contributed by atoms with Crippen molar-refractivity contribution in [2.45, 2.75) is 26.9 Å². The van der Waals surface area contributed by atoms with Crippen LogP contribution in [0.3, 0.4) is 0 Å². The molecule has 0 aliphatic carbocycles. The monoisotopic (exact) mass is 283 g/mol. The van der Waals surface area contributed by atoms with E-state index in [1.165, 1.54) is 0 Å². The molecule has 0 radical (unpaired) electrons. The van der Waals surface area contributed by atoms with Gasteiger partial charge < -0.3 is 9.84 Å². The van der Waals surface area contributed by atoms with Crippen LogP contribution in [0.2, 0.25) is 0 Å². The van der Waals surface area contributed by atoms with Crippen LogP contribution < -0.4 is 5.32 Å². The number of anilines is 1. The predicted molar refractivity (Wildman–Crippen MR) is 79.7 cm³/mol. The van der Waals surface area contributed by atoms with Crippen molar-refractivity contribution >= 4 is 5.69 Å². The molecule has 0 spiro atoms. The number of nitrogens with one attached hydrogen (secondary N) is 1. The zero-order valence-electron chi connectivity index (χ0n) is 12.1. The zero-order valence-corrected chi connectivity index (χ0v) is 12.1. The van der Waals surface area contributed by atoms with Gasteiger partial charge in [0.2, 0.25) is 0 Å². The summed E-state index contributed by atoms with van der Waals surface area (Å²) < 4.78 is 7.15. The lowest BCUT2D eigenvalue weighted by Gasteiger charge is -2.08. The summed E-state index contributed by atoms with van der Waals surface area (Å²) in [5, 5.41) is 11.5. The highest BCUT2D eigenvalue weighted by atomic mass is 16.5. The maximum absolute atomic E-state index is 5.25. The van der Waals surface area contributed by atoms with E-state index in [9.17, 15) is 0 Å². The molecule has 0 fully saturated rings. The summed E-state index contributed by atoms with van der Waals surface area (Å²) in [7, 11) is 0. The van der Waals surface area contributed by atoms with Crippen LogP contribution in [0, 0.1) is 6.92 Å². The number of hydrogen-bond acceptors (Lipinski definition) is 5. The smallest absolute Gasteiger partial charge is 0.260 e. The molecule has 0 unspecified atom stereocenters. The Hall–Kier alpha value is -2.63. The average Bonchev–Trinajstić information content (AvgIpc) is 3.14. The van der Waals surface area contributed by atoms with Gasteiger partial charge in [-0.15, -0.1) is 0 Å². The fourth-order valence-corrected chi connectivity index (χ4v) is 2.10. The lowest BCUT2D eigenvalue weighted by atomic mass is 10.1. The highest BCUT2D eigenvalue weighted by molar-refractivity contribution is 5.72. The van der Waals surface area contributed by atoms with Crippen molar-refractivity contribution in [3.05, 3.63) is 48.0 Å². The Morgan fingerprint density at radius 3 is 2.86 bits per heavy atom. The first-order valence-corrected chi connectivity index (χ1v) is 6.91. The molecule has 0 amide bonds. The standard InChI is InChI=1S/C15H17N5O/c1-3-20-10-12(9-17-20)8-16-14-7-5-4-6-13(14)15-18-11(2)19-21-15/h4-7,9-10,16H,3,8H2,1-2H3. The molecule has 2 aromatic heterocycles. The lowest BCUT2D eigenvalue weighted by Crippen LogP contribution is -2.00. The second-order valence-electron chi connectivity index (χ2n) is 4.75. The van der Waals surface area contributed by atoms with Crippen LogP contribution >= 0.6 is 0 Å². The molecule has 21 heavy (non-hydrogen) atoms. The van der Waals surface area contributed by atoms with E-state index in [4.69, 9.17) is 4.52 Å². The third kappa shape index (κ3) is 2.94. The van der Waals surface area contributed by atoms with Gasteiger partial charge in [0.1, 0.15) is 0 Å². The Kier molecular flexibility index (Phi) is 3.68. The molecule has 0 aliphatic rings. The SMILES string of the molecule is CCn1cc(CNc2ccccc2-c2nc(C)no2)cn1. The number of aryl methyl sites for hydroxylation is 2. The first-order chi connectivity index (χ1) is 10.3. The Morgan fingerprint density at radius 1 is 1.29 bits per heavy atom. The lowest BCUT2D eigenvalue weighted by molar-refractivity contribution is 0.426. The predicted octanol–water partition coefficient (Wildman–Crippen LogP) is 2.87. The number of rotatable bonds is 5. The van der Waals surface area contributed by atoms with Crippen molar-refractivity contribution in [2.24, 2.45) is 0 Å². The summed E-state index contributed by atoms with van der Waals surface area (Å²) in [6.07, 6.45) is 3.91. The zero-order chi connectivity index (χ0) is 14.7. The van der Waals surface area contributed by atoms with E-state index >= 15 is 0 Å². The number of benzene rings is 1. The Morgan fingerprint density at radius 2 is 2.14 bits per heavy atom. The van der Waals surface area contributed by atoms with Crippen LogP contribution in [-0.2, 0) is 13.1 Å². The van der Waals surface area contributed by atoms with E-state index in [1.807, 2.05) is 48.3 Å². The molecule has 108 valence electrons. The minimum absolute atomic E-state index is 0.528. The van der Waals surface area contributed by atoms with E-state index < -0.39 is 0 Å². The second-order valence-corrected chi connectivity index (χ2v) is 4.75. The van der Waals surface area contributed by atoms with Crippen molar-refractivity contribution in [1.82, 2.24) is 19.9 Å². The third-order valence-electron chi connectivity index (χ3n) is 3.18. The van der Waals surface area contributed by atoms with Gasteiger partial charge in [-0.1, -0.05) is 17.3 Å². The van der Waals surface area contributed by atoms with Crippen molar-refractivity contribution in [1.29, 1.82) is 0 Å². The van der Waals surface area contributed by atoms with Crippen molar-refractivity contribution in [3.8, 4) is 11.5 Å². The fourth-order valence-electron chi connectivity index (χ4n) is 2.10. The normalized spacial score (nSPS) is 10.8. The summed E-state index contributed by atoms with van der Waals surface area (Å²) in [4.78, 5) is 4.28. The Balaban J connectivity index is 1.79. The first kappa shape index (κ1) is 13.4. The third-order valence-corrected chi connectivity index (χ3v) is 3.18. The minimum atomic E-state index is 0.528. The van der Waals surface area contributed by atoms with Gasteiger partial charge in [0.15, 0.2) is 5.82 Å². The number of para-hydroxylation sites is 1. The summed E-state index contributed by atoms with van der Waals surface area (Å²) in [6, 6.07) is 7.89. The molecule has 0 aliphatic heterocycles. The van der Waals surface area contributed by atoms with Gasteiger partial charge in [-0.3, -0.25) is 4.68 Å². The summed E-state index contributed by atoms with van der Waals surface area (Å²) in [6.45, 7) is 5.45. The highest BCUT2D eigenvalue weighted by Gasteiger charge is 2.11. The van der Waals surface area contributed by atoms with Gasteiger partial charge in [-0.25, -0.2) is 0 Å². The van der Waals surface area contributed by atoms with E-state index in [0.717, 1.165) is 23.4 Å². The average molecular weight is 283 g/mol. The number of nitrogens with zero attached hydrogens (tertiary/aromatic N) is 4. The minimum Gasteiger partial charge on any atom is -0.380 e. The Labute approximate surface area is 122 Å². The highest BCUT2D eigenvalue weighted by Crippen LogP contribution is 2.26. The van der Waals surface area contributed by atoms with Crippen LogP contribution in [-0.4, -0.2) is 19.9 Å². The molecule has 6 heteroatoms. The van der Waals surface area contributed by atoms with Crippen LogP contribution in [0.25, 0.3) is 11.5 Å². The Bertz CT molecular complexity index is 731. The van der Waals surface area contributed by atoms with Crippen molar-refractivity contribution in [3.63, 3.8) is 0 Å². The molecule has 0 atom stereocenters. The van der Waals surface area contributed by atoms with Crippen LogP contribution in [0.15, 0.2) is 41.2 Å². The van der Waals surface area contributed by atoms with E-state index in [-0.39, 0.29) is 0 Å². The summed E-state index contributed by atoms with van der Waals surface area (Å²) in [5.41, 5.74) is 3.00. The van der Waals surface area contributed by atoms with Crippen LogP contribution in [0.4, 0.5) is 5.69 Å². The maximum atomic E-state index is 5.25. The molecule has 1 N–H and O–H groups in total. The quantitative estimate of drug-likeness (QED) is 0.779. The van der Waals surface area contributed by atoms with Crippen LogP contribution in [0.1, 0.15) is 18.3 Å². The van der Waals surface area contributed by atoms with Gasteiger partial charge in [0, 0.05) is 30.5 Å². The maximum Gasteiger partial charge on any atom is 0.260 e. The molecule has 2 heterocycles. The van der Waals surface area contributed by atoms with Crippen molar-refractivity contribution in [2.75, 3.05) is 5.32 Å². The van der Waals surface area contributed by atoms with E-state index in [1.54, 1.807) is 0 Å². The first-order valence-electron chi connectivity index (χ1n) is 6.91. The second kappa shape index (κ2) is 5.78. The molecular formula is C15H17N5O. The number of hydrogen-bond donors (Lipinski definition) is 1. The fraction of sp³-hybridized carbons (Fsp3) is 0.267. The van der Waals surface area contributed by atoms with Gasteiger partial charge in [-0.05, 0) is 26.0 Å². The van der Waals surface area contributed by atoms with E-state index in [0.29, 0.717) is 18.3 Å². The number of aromatic nitrogens is 4. The molecule has 0 bridgehead atoms. The molecule has 1 aromatic carbocycles. The molecule has 0 saturated heterocycles. The summed E-state index contributed by atoms with van der Waals surface area (Å²) >= 11 is 0. The molecule has 6 nitrogen and oxygen atoms in total. The topological polar surface area (TPSA) is 68.8 Å². The van der Waals surface area contributed by atoms with E-state index in [2.05, 4.69) is 27.5 Å². The van der Waals surface area contributed by atoms with Gasteiger partial charge in [-0.2, -0.15) is 10.1 Å². The largest absolute Gasteiger partial charge is 0.380 e. The van der Waals surface area contributed by atoms with Gasteiger partial charge in [0.25, 0.3) is 5.89 Å². The molecular weight excluding hydrogens is 266 g/mol. The molecule has 3 aromatic rings. The molecule has 3 rings (SSSR count).